The SMILES string of the molecule is C/C=C(\O/N=C(\N)NCc1c(-c2ccc(O[C@H]3CCC[C@H](C(=O)O)C3)c(C)n2)nnn1C)C(C)CCC. The van der Waals surface area contributed by atoms with Crippen molar-refractivity contribution < 1.29 is 19.5 Å². The molecule has 0 aromatic carbocycles. The highest BCUT2D eigenvalue weighted by molar-refractivity contribution is 5.77. The molecule has 0 bridgehead atoms. The standard InChI is InChI=1S/C26H39N7O4/c1-6-9-16(3)22(7-2)37-31-26(27)28-15-21-24(30-32-33(21)5)20-12-13-23(17(4)29-20)36-19-11-8-10-18(14-19)25(34)35/h7,12-13,16,18-19H,6,8-11,14-15H2,1-5H3,(H,34,35)(H3,27,28,31)/b22-7-/t16?,18-,19-/m0/s1. The number of hydrogen-bond acceptors (Lipinski definition) is 7. The summed E-state index contributed by atoms with van der Waals surface area (Å²) in [4.78, 5) is 21.6. The van der Waals surface area contributed by atoms with Crippen molar-refractivity contribution in [2.45, 2.75) is 78.9 Å². The molecule has 1 aliphatic rings. The van der Waals surface area contributed by atoms with Gasteiger partial charge in [-0.3, -0.25) is 4.79 Å². The van der Waals surface area contributed by atoms with E-state index in [1.165, 1.54) is 0 Å². The summed E-state index contributed by atoms with van der Waals surface area (Å²) in [5.41, 5.74) is 8.79. The molecule has 1 unspecified atom stereocenters. The van der Waals surface area contributed by atoms with Crippen LogP contribution in [0.4, 0.5) is 0 Å². The Morgan fingerprint density at radius 2 is 2.19 bits per heavy atom. The third-order valence-electron chi connectivity index (χ3n) is 6.67. The zero-order valence-electron chi connectivity index (χ0n) is 22.4. The Morgan fingerprint density at radius 1 is 1.41 bits per heavy atom. The monoisotopic (exact) mass is 513 g/mol. The summed E-state index contributed by atoms with van der Waals surface area (Å²) < 4.78 is 7.79. The summed E-state index contributed by atoms with van der Waals surface area (Å²) in [5, 5.41) is 24.9. The molecule has 1 fully saturated rings. The van der Waals surface area contributed by atoms with Crippen LogP contribution in [0, 0.1) is 18.8 Å². The summed E-state index contributed by atoms with van der Waals surface area (Å²) in [5.74, 6) is 0.726. The maximum Gasteiger partial charge on any atom is 0.306 e. The van der Waals surface area contributed by atoms with E-state index in [9.17, 15) is 9.90 Å². The van der Waals surface area contributed by atoms with Crippen molar-refractivity contribution in [2.24, 2.45) is 29.8 Å². The number of nitrogens with two attached hydrogens (primary N) is 1. The molecule has 1 saturated carbocycles. The van der Waals surface area contributed by atoms with Gasteiger partial charge in [0.1, 0.15) is 17.2 Å². The normalized spacial score (nSPS) is 19.4. The zero-order chi connectivity index (χ0) is 26.9. The zero-order valence-corrected chi connectivity index (χ0v) is 22.4. The van der Waals surface area contributed by atoms with Crippen LogP contribution in [-0.4, -0.2) is 43.1 Å². The molecule has 3 atom stereocenters. The van der Waals surface area contributed by atoms with Crippen LogP contribution >= 0.6 is 0 Å². The number of oxime groups is 1. The van der Waals surface area contributed by atoms with Crippen molar-refractivity contribution in [2.75, 3.05) is 0 Å². The second-order valence-electron chi connectivity index (χ2n) is 9.53. The molecule has 202 valence electrons. The number of guanidine groups is 1. The lowest BCUT2D eigenvalue weighted by Crippen LogP contribution is -2.32. The van der Waals surface area contributed by atoms with Gasteiger partial charge in [-0.15, -0.1) is 5.10 Å². The molecule has 2 aromatic rings. The Bertz CT molecular complexity index is 1130. The van der Waals surface area contributed by atoms with E-state index in [4.69, 9.17) is 20.3 Å². The van der Waals surface area contributed by atoms with E-state index in [2.05, 4.69) is 34.6 Å². The van der Waals surface area contributed by atoms with Crippen LogP contribution in [0.3, 0.4) is 0 Å². The highest BCUT2D eigenvalue weighted by Crippen LogP contribution is 2.30. The van der Waals surface area contributed by atoms with Crippen LogP contribution < -0.4 is 15.8 Å². The molecule has 1 aliphatic carbocycles. The summed E-state index contributed by atoms with van der Waals surface area (Å²) in [6, 6.07) is 3.69. The lowest BCUT2D eigenvalue weighted by molar-refractivity contribution is -0.143. The first-order valence-electron chi connectivity index (χ1n) is 12.9. The van der Waals surface area contributed by atoms with E-state index in [1.807, 2.05) is 32.1 Å². The number of aromatic nitrogens is 4. The maximum absolute atomic E-state index is 11.4. The minimum Gasteiger partial charge on any atom is -0.489 e. The van der Waals surface area contributed by atoms with E-state index in [0.717, 1.165) is 37.1 Å². The third-order valence-corrected chi connectivity index (χ3v) is 6.67. The Labute approximate surface area is 218 Å². The topological polar surface area (TPSA) is 150 Å². The number of nitrogens with one attached hydrogen (secondary N) is 1. The fourth-order valence-corrected chi connectivity index (χ4v) is 4.55. The van der Waals surface area contributed by atoms with Gasteiger partial charge < -0.3 is 25.7 Å². The first kappa shape index (κ1) is 27.9. The number of pyridine rings is 1. The predicted molar refractivity (Wildman–Crippen MR) is 140 cm³/mol. The predicted octanol–water partition coefficient (Wildman–Crippen LogP) is 3.88. The Hall–Kier alpha value is -3.63. The number of carboxylic acid groups (broad SMARTS) is 1. The number of nitrogens with zero attached hydrogens (tertiary/aromatic N) is 5. The quantitative estimate of drug-likeness (QED) is 0.176. The van der Waals surface area contributed by atoms with E-state index < -0.39 is 5.97 Å². The highest BCUT2D eigenvalue weighted by Gasteiger charge is 2.28. The van der Waals surface area contributed by atoms with Gasteiger partial charge in [0.25, 0.3) is 0 Å². The average molecular weight is 514 g/mol. The number of carbonyl (C=O) groups is 1. The minimum absolute atomic E-state index is 0.130. The van der Waals surface area contributed by atoms with Crippen molar-refractivity contribution in [3.63, 3.8) is 0 Å². The molecule has 11 heteroatoms. The molecule has 4 N–H and O–H groups in total. The molecule has 37 heavy (non-hydrogen) atoms. The van der Waals surface area contributed by atoms with Crippen molar-refractivity contribution in [3.05, 3.63) is 35.4 Å². The number of allylic oxidation sites excluding steroid dienone is 2. The van der Waals surface area contributed by atoms with Gasteiger partial charge in [-0.25, -0.2) is 9.67 Å². The Kier molecular flexibility index (Phi) is 9.87. The van der Waals surface area contributed by atoms with E-state index >= 15 is 0 Å². The van der Waals surface area contributed by atoms with Crippen molar-refractivity contribution in [3.8, 4) is 17.1 Å². The number of ether oxygens (including phenoxy) is 1. The molecule has 0 spiro atoms. The van der Waals surface area contributed by atoms with E-state index in [-0.39, 0.29) is 23.9 Å². The molecule has 0 saturated heterocycles. The van der Waals surface area contributed by atoms with Gasteiger partial charge in [-0.2, -0.15) is 0 Å². The second kappa shape index (κ2) is 13.1. The first-order chi connectivity index (χ1) is 17.7. The number of aliphatic carboxylic acids is 1. The van der Waals surface area contributed by atoms with Crippen LogP contribution in [0.25, 0.3) is 11.4 Å². The van der Waals surface area contributed by atoms with Crippen LogP contribution in [-0.2, 0) is 23.2 Å². The molecular formula is C26H39N7O4. The van der Waals surface area contributed by atoms with Gasteiger partial charge in [-0.05, 0) is 69.3 Å². The van der Waals surface area contributed by atoms with Gasteiger partial charge in [0.2, 0.25) is 5.96 Å². The molecular weight excluding hydrogens is 474 g/mol. The fourth-order valence-electron chi connectivity index (χ4n) is 4.55. The first-order valence-corrected chi connectivity index (χ1v) is 12.9. The molecule has 0 aliphatic heterocycles. The molecule has 2 aromatic heterocycles. The Morgan fingerprint density at radius 3 is 2.86 bits per heavy atom. The molecule has 0 radical (unpaired) electrons. The number of hydrogen-bond donors (Lipinski definition) is 3. The van der Waals surface area contributed by atoms with Crippen LogP contribution in [0.1, 0.15) is 70.7 Å². The summed E-state index contributed by atoms with van der Waals surface area (Å²) >= 11 is 0. The maximum atomic E-state index is 11.4. The van der Waals surface area contributed by atoms with Crippen molar-refractivity contribution in [1.82, 2.24) is 25.3 Å². The van der Waals surface area contributed by atoms with Gasteiger partial charge in [-0.1, -0.05) is 25.5 Å². The molecule has 3 rings (SSSR count). The summed E-state index contributed by atoms with van der Waals surface area (Å²) in [6.07, 6.45) is 6.73. The highest BCUT2D eigenvalue weighted by atomic mass is 16.6. The van der Waals surface area contributed by atoms with Crippen molar-refractivity contribution in [1.29, 1.82) is 0 Å². The second-order valence-corrected chi connectivity index (χ2v) is 9.53. The lowest BCUT2D eigenvalue weighted by atomic mass is 9.87. The number of rotatable bonds is 11. The van der Waals surface area contributed by atoms with Gasteiger partial charge >= 0.3 is 5.97 Å². The lowest BCUT2D eigenvalue weighted by Gasteiger charge is -2.27. The summed E-state index contributed by atoms with van der Waals surface area (Å²) in [6.45, 7) is 8.34. The smallest absolute Gasteiger partial charge is 0.306 e. The van der Waals surface area contributed by atoms with Gasteiger partial charge in [0.15, 0.2) is 0 Å². The van der Waals surface area contributed by atoms with Gasteiger partial charge in [0, 0.05) is 13.0 Å². The molecule has 0 amide bonds. The summed E-state index contributed by atoms with van der Waals surface area (Å²) in [7, 11) is 1.80. The largest absolute Gasteiger partial charge is 0.489 e. The Balaban J connectivity index is 1.66. The number of carboxylic acids is 1. The third kappa shape index (κ3) is 7.43. The van der Waals surface area contributed by atoms with Crippen molar-refractivity contribution >= 4 is 11.9 Å². The molecule has 2 heterocycles. The van der Waals surface area contributed by atoms with E-state index in [1.54, 1.807) is 11.7 Å². The van der Waals surface area contributed by atoms with Gasteiger partial charge in [0.05, 0.1) is 35.6 Å². The average Bonchev–Trinajstić information content (AvgIpc) is 3.24. The minimum atomic E-state index is -0.757. The molecule has 11 nitrogen and oxygen atoms in total. The van der Waals surface area contributed by atoms with E-state index in [0.29, 0.717) is 42.2 Å². The number of aryl methyl sites for hydroxylation is 2. The van der Waals surface area contributed by atoms with Crippen LogP contribution in [0.15, 0.2) is 29.1 Å². The van der Waals surface area contributed by atoms with Crippen LogP contribution in [0.2, 0.25) is 0 Å². The van der Waals surface area contributed by atoms with Crippen LogP contribution in [0.5, 0.6) is 5.75 Å². The fraction of sp³-hybridized carbons (Fsp3) is 0.577.